The summed E-state index contributed by atoms with van der Waals surface area (Å²) in [6.07, 6.45) is 5.86. The Morgan fingerprint density at radius 3 is 2.33 bits per heavy atom. The van der Waals surface area contributed by atoms with Gasteiger partial charge in [-0.25, -0.2) is 5.11 Å². The van der Waals surface area contributed by atoms with Crippen LogP contribution >= 0.6 is 0 Å². The van der Waals surface area contributed by atoms with Crippen LogP contribution in [0.25, 0.3) is 0 Å². The number of unbranched alkanes of at least 4 members (excludes halogenated alkanes) is 4. The van der Waals surface area contributed by atoms with Crippen LogP contribution in [0.1, 0.15) is 52.4 Å². The quantitative estimate of drug-likeness (QED) is 0.409. The summed E-state index contributed by atoms with van der Waals surface area (Å²) in [5.41, 5.74) is 0. The molecule has 2 nitrogen and oxygen atoms in total. The fourth-order valence-electron chi connectivity index (χ4n) is 1.04. The molecule has 1 atom stereocenters. The first-order valence-electron chi connectivity index (χ1n) is 5.08. The largest absolute Gasteiger partial charge is 0.350 e. The number of rotatable bonds is 8. The predicted molar refractivity (Wildman–Crippen MR) is 49.5 cm³/mol. The van der Waals surface area contributed by atoms with Crippen molar-refractivity contribution in [1.29, 1.82) is 0 Å². The lowest BCUT2D eigenvalue weighted by Crippen LogP contribution is -2.09. The van der Waals surface area contributed by atoms with E-state index in [1.54, 1.807) is 0 Å². The van der Waals surface area contributed by atoms with E-state index in [0.717, 1.165) is 6.42 Å². The van der Waals surface area contributed by atoms with Gasteiger partial charge in [0.05, 0.1) is 0 Å². The molecule has 2 heteroatoms. The van der Waals surface area contributed by atoms with Crippen molar-refractivity contribution in [2.45, 2.75) is 58.7 Å². The molecule has 1 radical (unpaired) electrons. The fraction of sp³-hybridized carbons (Fsp3) is 1.00. The van der Waals surface area contributed by atoms with Crippen LogP contribution in [-0.2, 0) is 9.84 Å². The van der Waals surface area contributed by atoms with Gasteiger partial charge in [-0.1, -0.05) is 39.5 Å². The molecular formula is C10H21O2. The van der Waals surface area contributed by atoms with Crippen molar-refractivity contribution in [3.63, 3.8) is 0 Å². The molecule has 0 rings (SSSR count). The monoisotopic (exact) mass is 173 g/mol. The van der Waals surface area contributed by atoms with E-state index in [4.69, 9.17) is 4.74 Å². The molecule has 0 fully saturated rings. The van der Waals surface area contributed by atoms with Gasteiger partial charge in [0, 0.05) is 6.61 Å². The summed E-state index contributed by atoms with van der Waals surface area (Å²) < 4.78 is 5.02. The van der Waals surface area contributed by atoms with Crippen molar-refractivity contribution < 1.29 is 9.84 Å². The second kappa shape index (κ2) is 9.01. The third kappa shape index (κ3) is 8.02. The van der Waals surface area contributed by atoms with E-state index < -0.39 is 6.29 Å². The molecule has 0 N–H and O–H groups in total. The summed E-state index contributed by atoms with van der Waals surface area (Å²) in [7, 11) is 0. The van der Waals surface area contributed by atoms with Gasteiger partial charge in [0.25, 0.3) is 0 Å². The topological polar surface area (TPSA) is 29.1 Å². The molecule has 0 heterocycles. The van der Waals surface area contributed by atoms with Crippen LogP contribution in [0.4, 0.5) is 0 Å². The molecule has 0 aliphatic rings. The maximum atomic E-state index is 10.8. The molecule has 0 saturated heterocycles. The predicted octanol–water partition coefficient (Wildman–Crippen LogP) is 3.14. The summed E-state index contributed by atoms with van der Waals surface area (Å²) in [6, 6.07) is 0. The highest BCUT2D eigenvalue weighted by atomic mass is 16.6. The standard InChI is InChI=1S/C10H21O2/c1-3-5-6-7-8-9-12-10(11)4-2/h10H,3-9H2,1-2H3. The average molecular weight is 173 g/mol. The molecule has 0 aliphatic heterocycles. The van der Waals surface area contributed by atoms with Crippen LogP contribution in [0.5, 0.6) is 0 Å². The van der Waals surface area contributed by atoms with E-state index in [-0.39, 0.29) is 0 Å². The van der Waals surface area contributed by atoms with E-state index in [1.807, 2.05) is 6.92 Å². The van der Waals surface area contributed by atoms with Crippen LogP contribution in [0.15, 0.2) is 0 Å². The maximum Gasteiger partial charge on any atom is 0.191 e. The molecule has 0 spiro atoms. The second-order valence-corrected chi connectivity index (χ2v) is 3.12. The highest BCUT2D eigenvalue weighted by Gasteiger charge is 2.00. The van der Waals surface area contributed by atoms with Gasteiger partial charge in [0.1, 0.15) is 0 Å². The second-order valence-electron chi connectivity index (χ2n) is 3.12. The zero-order valence-electron chi connectivity index (χ0n) is 8.34. The van der Waals surface area contributed by atoms with Gasteiger partial charge < -0.3 is 4.74 Å². The lowest BCUT2D eigenvalue weighted by molar-refractivity contribution is -0.141. The molecule has 0 amide bonds. The van der Waals surface area contributed by atoms with E-state index >= 15 is 0 Å². The van der Waals surface area contributed by atoms with Crippen LogP contribution < -0.4 is 0 Å². The van der Waals surface area contributed by atoms with Gasteiger partial charge in [-0.3, -0.25) is 0 Å². The molecule has 12 heavy (non-hydrogen) atoms. The third-order valence-electron chi connectivity index (χ3n) is 1.88. The Kier molecular flexibility index (Phi) is 8.95. The Balaban J connectivity index is 2.90. The van der Waals surface area contributed by atoms with Crippen LogP contribution in [0.2, 0.25) is 0 Å². The summed E-state index contributed by atoms with van der Waals surface area (Å²) in [4.78, 5) is 0. The zero-order valence-corrected chi connectivity index (χ0v) is 8.34. The Labute approximate surface area is 75.9 Å². The van der Waals surface area contributed by atoms with Crippen LogP contribution in [-0.4, -0.2) is 12.9 Å². The molecule has 0 bridgehead atoms. The highest BCUT2D eigenvalue weighted by Crippen LogP contribution is 2.03. The number of hydrogen-bond acceptors (Lipinski definition) is 1. The van der Waals surface area contributed by atoms with Crippen molar-refractivity contribution >= 4 is 0 Å². The minimum Gasteiger partial charge on any atom is -0.350 e. The van der Waals surface area contributed by atoms with Gasteiger partial charge in [-0.15, -0.1) is 0 Å². The molecule has 0 aliphatic carbocycles. The first kappa shape index (κ1) is 11.9. The van der Waals surface area contributed by atoms with Gasteiger partial charge in [0.15, 0.2) is 6.29 Å². The lowest BCUT2D eigenvalue weighted by Gasteiger charge is -2.06. The lowest BCUT2D eigenvalue weighted by atomic mass is 10.2. The minimum absolute atomic E-state index is 0.578. The zero-order chi connectivity index (χ0) is 9.23. The van der Waals surface area contributed by atoms with Gasteiger partial charge in [-0.2, -0.15) is 0 Å². The Bertz CT molecular complexity index is 83.9. The molecule has 73 valence electrons. The summed E-state index contributed by atoms with van der Waals surface area (Å²) in [5, 5.41) is 10.8. The third-order valence-corrected chi connectivity index (χ3v) is 1.88. The van der Waals surface area contributed by atoms with Crippen molar-refractivity contribution in [2.75, 3.05) is 6.61 Å². The summed E-state index contributed by atoms with van der Waals surface area (Å²) >= 11 is 0. The summed E-state index contributed by atoms with van der Waals surface area (Å²) in [6.45, 7) is 4.70. The molecule has 1 unspecified atom stereocenters. The minimum atomic E-state index is -0.795. The SMILES string of the molecule is CCCCCCCOC([O])CC. The van der Waals surface area contributed by atoms with Crippen molar-refractivity contribution in [1.82, 2.24) is 0 Å². The van der Waals surface area contributed by atoms with E-state index in [2.05, 4.69) is 6.92 Å². The smallest absolute Gasteiger partial charge is 0.191 e. The first-order chi connectivity index (χ1) is 5.81. The van der Waals surface area contributed by atoms with E-state index in [0.29, 0.717) is 13.0 Å². The van der Waals surface area contributed by atoms with Crippen LogP contribution in [0, 0.1) is 0 Å². The summed E-state index contributed by atoms with van der Waals surface area (Å²) in [5.74, 6) is 0. The van der Waals surface area contributed by atoms with E-state index in [9.17, 15) is 5.11 Å². The molecule has 0 aromatic carbocycles. The first-order valence-corrected chi connectivity index (χ1v) is 5.08. The average Bonchev–Trinajstić information content (AvgIpc) is 2.10. The molecule has 0 aromatic rings. The molecular weight excluding hydrogens is 152 g/mol. The highest BCUT2D eigenvalue weighted by molar-refractivity contribution is 4.42. The van der Waals surface area contributed by atoms with Crippen LogP contribution in [0.3, 0.4) is 0 Å². The number of ether oxygens (including phenoxy) is 1. The van der Waals surface area contributed by atoms with Crippen molar-refractivity contribution in [2.24, 2.45) is 0 Å². The molecule has 0 aromatic heterocycles. The van der Waals surface area contributed by atoms with Gasteiger partial charge in [0.2, 0.25) is 0 Å². The maximum absolute atomic E-state index is 10.8. The molecule has 0 saturated carbocycles. The van der Waals surface area contributed by atoms with Crippen molar-refractivity contribution in [3.05, 3.63) is 0 Å². The van der Waals surface area contributed by atoms with Gasteiger partial charge in [-0.05, 0) is 12.8 Å². The normalized spacial score (nSPS) is 13.2. The Morgan fingerprint density at radius 1 is 1.08 bits per heavy atom. The van der Waals surface area contributed by atoms with E-state index in [1.165, 1.54) is 25.7 Å². The Morgan fingerprint density at radius 2 is 1.75 bits per heavy atom. The Hall–Kier alpha value is -0.0800. The van der Waals surface area contributed by atoms with Crippen molar-refractivity contribution in [3.8, 4) is 0 Å². The number of hydrogen-bond donors (Lipinski definition) is 0. The fourth-order valence-corrected chi connectivity index (χ4v) is 1.04. The van der Waals surface area contributed by atoms with Gasteiger partial charge >= 0.3 is 0 Å².